The number of likely N-dealkylation sites (N-methyl/N-ethyl adjacent to an activating group) is 2. The molecule has 0 saturated carbocycles. The number of carbonyl (C=O) groups is 5. The minimum atomic E-state index is -1.05. The number of hydrogen-bond donors (Lipinski definition) is 2. The molecule has 0 spiro atoms. The van der Waals surface area contributed by atoms with Gasteiger partial charge in [-0.15, -0.1) is 0 Å². The molecule has 2 saturated heterocycles. The molecule has 5 aliphatic rings. The molecule has 4 aromatic rings. The van der Waals surface area contributed by atoms with Crippen LogP contribution in [0.3, 0.4) is 0 Å². The van der Waals surface area contributed by atoms with E-state index in [0.717, 1.165) is 81.9 Å². The zero-order valence-electron chi connectivity index (χ0n) is 41.5. The zero-order valence-corrected chi connectivity index (χ0v) is 41.5. The Balaban J connectivity index is 1.13. The van der Waals surface area contributed by atoms with Crippen LogP contribution < -0.4 is 10.7 Å². The molecular weight excluding hydrogens is 873 g/mol. The molecule has 2 fully saturated rings. The number of fused-ring (bicyclic) bond motifs is 9. The summed E-state index contributed by atoms with van der Waals surface area (Å²) in [6.45, 7) is 17.3. The van der Waals surface area contributed by atoms with Gasteiger partial charge < -0.3 is 34.1 Å². The molecule has 6 heterocycles. The van der Waals surface area contributed by atoms with Crippen molar-refractivity contribution in [3.63, 3.8) is 0 Å². The number of cyclic esters (lactones) is 1. The van der Waals surface area contributed by atoms with Gasteiger partial charge in [0.1, 0.15) is 24.2 Å². The molecule has 6 bridgehead atoms. The Morgan fingerprint density at radius 1 is 1.07 bits per heavy atom. The summed E-state index contributed by atoms with van der Waals surface area (Å²) in [5.41, 5.74) is 13.0. The highest BCUT2D eigenvalue weighted by Crippen LogP contribution is 2.57. The van der Waals surface area contributed by atoms with Gasteiger partial charge in [-0.05, 0) is 97.7 Å². The first-order chi connectivity index (χ1) is 33.0. The fourth-order valence-corrected chi connectivity index (χ4v) is 11.8. The number of nitrogens with zero attached hydrogens (tertiary/aromatic N) is 6. The number of rotatable bonds is 8. The maximum atomic E-state index is 14.8. The fraction of sp³-hybridized carbons (Fsp3) is 0.519. The van der Waals surface area contributed by atoms with Gasteiger partial charge in [0.25, 0.3) is 5.91 Å². The number of ether oxygens (including phenoxy) is 2. The summed E-state index contributed by atoms with van der Waals surface area (Å²) in [5.74, 6) is -2.83. The summed E-state index contributed by atoms with van der Waals surface area (Å²) >= 11 is 0. The molecule has 15 heteroatoms. The van der Waals surface area contributed by atoms with Gasteiger partial charge in [0.15, 0.2) is 0 Å². The number of benzene rings is 2. The van der Waals surface area contributed by atoms with Crippen molar-refractivity contribution in [3.05, 3.63) is 89.3 Å². The largest absolute Gasteiger partial charge is 0.464 e. The second-order valence-corrected chi connectivity index (χ2v) is 20.9. The second-order valence-electron chi connectivity index (χ2n) is 20.9. The van der Waals surface area contributed by atoms with E-state index in [1.165, 1.54) is 21.5 Å². The average molecular weight is 941 g/mol. The third kappa shape index (κ3) is 8.86. The number of pyridine rings is 1. The fourth-order valence-electron chi connectivity index (χ4n) is 11.8. The molecule has 69 heavy (non-hydrogen) atoms. The van der Waals surface area contributed by atoms with Crippen molar-refractivity contribution in [1.82, 2.24) is 40.0 Å². The molecule has 2 aromatic carbocycles. The second kappa shape index (κ2) is 19.1. The Hall–Kier alpha value is -5.90. The summed E-state index contributed by atoms with van der Waals surface area (Å²) < 4.78 is 15.3. The summed E-state index contributed by atoms with van der Waals surface area (Å²) in [6.07, 6.45) is 3.34. The normalized spacial score (nSPS) is 24.0. The Bertz CT molecular complexity index is 2710. The molecule has 1 aliphatic carbocycles. The van der Waals surface area contributed by atoms with E-state index in [0.29, 0.717) is 32.4 Å². The number of methoxy groups -OCH3 is 1. The van der Waals surface area contributed by atoms with Gasteiger partial charge in [-0.25, -0.2) is 5.43 Å². The van der Waals surface area contributed by atoms with E-state index >= 15 is 0 Å². The van der Waals surface area contributed by atoms with Crippen molar-refractivity contribution in [2.75, 3.05) is 54.0 Å². The number of amides is 4. The third-order valence-corrected chi connectivity index (χ3v) is 15.4. The van der Waals surface area contributed by atoms with E-state index in [1.54, 1.807) is 19.1 Å². The first-order valence-corrected chi connectivity index (χ1v) is 24.8. The van der Waals surface area contributed by atoms with Crippen LogP contribution in [0, 0.1) is 17.3 Å². The van der Waals surface area contributed by atoms with Gasteiger partial charge in [-0.3, -0.25) is 34.0 Å². The maximum absolute atomic E-state index is 14.8. The third-order valence-electron chi connectivity index (χ3n) is 15.4. The van der Waals surface area contributed by atoms with Crippen LogP contribution in [0.5, 0.6) is 0 Å². The first-order valence-electron chi connectivity index (χ1n) is 24.8. The number of carbonyl (C=O) groups excluding carboxylic acids is 5. The molecule has 2 aromatic heterocycles. The van der Waals surface area contributed by atoms with E-state index in [9.17, 15) is 24.0 Å². The summed E-state index contributed by atoms with van der Waals surface area (Å²) in [5, 5.41) is 5.62. The summed E-state index contributed by atoms with van der Waals surface area (Å²) in [7, 11) is 5.50. The minimum Gasteiger partial charge on any atom is -0.464 e. The van der Waals surface area contributed by atoms with Crippen molar-refractivity contribution >= 4 is 40.5 Å². The molecule has 2 N–H and O–H groups in total. The number of likely N-dealkylation sites (tertiary alicyclic amines) is 1. The lowest BCUT2D eigenvalue weighted by atomic mass is 9.67. The number of hydrazine groups is 1. The van der Waals surface area contributed by atoms with Crippen molar-refractivity contribution < 1.29 is 33.4 Å². The van der Waals surface area contributed by atoms with Crippen LogP contribution in [0.4, 0.5) is 0 Å². The zero-order chi connectivity index (χ0) is 49.1. The van der Waals surface area contributed by atoms with Crippen molar-refractivity contribution in [3.8, 4) is 22.4 Å². The van der Waals surface area contributed by atoms with E-state index in [1.807, 2.05) is 26.0 Å². The van der Waals surface area contributed by atoms with E-state index < -0.39 is 53.3 Å². The van der Waals surface area contributed by atoms with Crippen LogP contribution >= 0.6 is 0 Å². The number of esters is 1. The highest BCUT2D eigenvalue weighted by atomic mass is 16.5. The number of hydrogen-bond acceptors (Lipinski definition) is 10. The van der Waals surface area contributed by atoms with Gasteiger partial charge >= 0.3 is 5.97 Å². The van der Waals surface area contributed by atoms with Gasteiger partial charge in [-0.1, -0.05) is 64.6 Å². The predicted molar refractivity (Wildman–Crippen MR) is 263 cm³/mol. The number of aryl methyl sites for hydroxylation is 1. The molecular formula is C54H68N8O7. The lowest BCUT2D eigenvalue weighted by Crippen LogP contribution is -2.62. The lowest BCUT2D eigenvalue weighted by Gasteiger charge is -2.43. The Kier molecular flexibility index (Phi) is 13.3. The summed E-state index contributed by atoms with van der Waals surface area (Å²) in [4.78, 5) is 80.8. The van der Waals surface area contributed by atoms with Crippen LogP contribution in [0.25, 0.3) is 33.3 Å². The Morgan fingerprint density at radius 3 is 2.59 bits per heavy atom. The molecule has 6 atom stereocenters. The van der Waals surface area contributed by atoms with Gasteiger partial charge in [0.2, 0.25) is 17.7 Å². The lowest BCUT2D eigenvalue weighted by molar-refractivity contribution is -0.156. The van der Waals surface area contributed by atoms with Crippen molar-refractivity contribution in [2.24, 2.45) is 17.3 Å². The van der Waals surface area contributed by atoms with E-state index in [4.69, 9.17) is 14.5 Å². The monoisotopic (exact) mass is 941 g/mol. The summed E-state index contributed by atoms with van der Waals surface area (Å²) in [6, 6.07) is 14.3. The Morgan fingerprint density at radius 2 is 1.86 bits per heavy atom. The first kappa shape index (κ1) is 48.1. The number of aromatic nitrogens is 2. The van der Waals surface area contributed by atoms with Crippen LogP contribution in [-0.2, 0) is 59.4 Å². The van der Waals surface area contributed by atoms with Crippen LogP contribution in [0.1, 0.15) is 94.0 Å². The van der Waals surface area contributed by atoms with Crippen molar-refractivity contribution in [2.45, 2.75) is 110 Å². The van der Waals surface area contributed by atoms with Crippen LogP contribution in [0.15, 0.2) is 61.2 Å². The predicted octanol–water partition coefficient (Wildman–Crippen LogP) is 5.79. The molecule has 366 valence electrons. The minimum absolute atomic E-state index is 0.0798. The molecule has 0 radical (unpaired) electrons. The van der Waals surface area contributed by atoms with Crippen molar-refractivity contribution in [1.29, 1.82) is 0 Å². The standard InChI is InChI=1S/C54H68N8O7/c1-10-43(63)60-23-20-36(28-60)51(65)59(8)47(31(3)4)50(64)56-40-25-32-14-12-15-33(24-32)34-17-18-42-37(26-34)44-45(54(5,6)30-69-53(67)39-16-13-21-62(57-39)52(40)66)49(68-9)46-38(48(44)61(42)11-2)27-35-19-22-58(7)29-41(35)55-46/h10,12,14-15,17-18,24,26-27,31,36,39-40,45,47,49,57H,1,11,13,16,19-23,25,28-30H2,2-9H3,(H,56,64)/t36-,39-,40-,45?,47-,49-/m0/s1. The van der Waals surface area contributed by atoms with E-state index in [-0.39, 0.29) is 43.2 Å². The molecule has 1 unspecified atom stereocenters. The van der Waals surface area contributed by atoms with Crippen LogP contribution in [0.2, 0.25) is 0 Å². The highest BCUT2D eigenvalue weighted by molar-refractivity contribution is 5.97. The van der Waals surface area contributed by atoms with Gasteiger partial charge in [0.05, 0.1) is 29.6 Å². The highest BCUT2D eigenvalue weighted by Gasteiger charge is 2.48. The maximum Gasteiger partial charge on any atom is 0.324 e. The smallest absolute Gasteiger partial charge is 0.324 e. The topological polar surface area (TPSA) is 159 Å². The molecule has 9 rings (SSSR count). The molecule has 4 aliphatic heterocycles. The van der Waals surface area contributed by atoms with Gasteiger partial charge in [0, 0.05) is 87.6 Å². The average Bonchev–Trinajstić information content (AvgIpc) is 3.97. The van der Waals surface area contributed by atoms with Gasteiger partial charge in [-0.2, -0.15) is 0 Å². The SMILES string of the molecule is C=CC(=O)N1CC[C@H](C(=O)N(C)[C@H](C(=O)N[C@H]2Cc3cccc(c3)-c3ccc4c(c3)c3c(n4CC)-c4cc5c(nc4[C@@H](OC)C3C(C)(C)COC(=O)[C@@H]3CCCN(N3)C2=O)CN(C)CC5)C(C)C)C1. The van der Waals surface area contributed by atoms with Crippen LogP contribution in [-0.4, -0.2) is 131 Å². The molecule has 4 amide bonds. The quantitative estimate of drug-likeness (QED) is 0.164. The Labute approximate surface area is 405 Å². The number of nitrogens with one attached hydrogen (secondary N) is 2. The van der Waals surface area contributed by atoms with E-state index in [2.05, 4.69) is 91.0 Å². The molecule has 15 nitrogen and oxygen atoms in total.